The molecule has 0 saturated carbocycles. The molecule has 0 N–H and O–H groups in total. The van der Waals surface area contributed by atoms with Crippen molar-refractivity contribution < 1.29 is 8.78 Å². The Morgan fingerprint density at radius 3 is 2.80 bits per heavy atom. The lowest BCUT2D eigenvalue weighted by Crippen LogP contribution is -2.16. The Balaban J connectivity index is 2.37. The summed E-state index contributed by atoms with van der Waals surface area (Å²) in [4.78, 5) is 0. The van der Waals surface area contributed by atoms with Gasteiger partial charge in [-0.2, -0.15) is 5.10 Å². The number of hydrogen-bond donors (Lipinski definition) is 0. The van der Waals surface area contributed by atoms with Crippen molar-refractivity contribution in [3.8, 4) is 0 Å². The first kappa shape index (κ1) is 7.44. The van der Waals surface area contributed by atoms with Gasteiger partial charge in [-0.05, 0) is 6.92 Å². The summed E-state index contributed by atoms with van der Waals surface area (Å²) < 4.78 is 23.7. The van der Waals surface area contributed by atoms with Gasteiger partial charge in [-0.3, -0.25) is 5.01 Å². The second-order valence-electron chi connectivity index (χ2n) is 1.99. The topological polar surface area (TPSA) is 15.6 Å². The molecule has 2 nitrogen and oxygen atoms in total. The molecule has 0 saturated heterocycles. The smallest absolute Gasteiger partial charge is 0.249 e. The highest BCUT2D eigenvalue weighted by Crippen LogP contribution is 2.18. The van der Waals surface area contributed by atoms with Crippen molar-refractivity contribution in [2.75, 3.05) is 6.54 Å². The first-order valence-corrected chi connectivity index (χ1v) is 3.10. The molecule has 0 amide bonds. The number of alkyl halides is 2. The quantitative estimate of drug-likeness (QED) is 0.572. The van der Waals surface area contributed by atoms with Crippen molar-refractivity contribution in [3.63, 3.8) is 0 Å². The highest BCUT2D eigenvalue weighted by atomic mass is 19.3. The van der Waals surface area contributed by atoms with Crippen LogP contribution in [0.3, 0.4) is 0 Å². The Hall–Kier alpha value is -0.670. The summed E-state index contributed by atoms with van der Waals surface area (Å²) in [6.45, 7) is 3.84. The molecule has 0 bridgehead atoms. The third-order valence-electron chi connectivity index (χ3n) is 1.26. The van der Waals surface area contributed by atoms with E-state index >= 15 is 0 Å². The van der Waals surface area contributed by atoms with Crippen LogP contribution in [0.25, 0.3) is 0 Å². The minimum absolute atomic E-state index is 0.621. The SMILES string of the molecule is CCN1[CH]C(C(F)F)[C]=N1. The largest absolute Gasteiger partial charge is 0.291 e. The summed E-state index contributed by atoms with van der Waals surface area (Å²) in [6, 6.07) is 0. The molecule has 0 aromatic rings. The summed E-state index contributed by atoms with van der Waals surface area (Å²) in [5.41, 5.74) is 0. The molecule has 4 heteroatoms. The van der Waals surface area contributed by atoms with Crippen LogP contribution in [0.5, 0.6) is 0 Å². The van der Waals surface area contributed by atoms with Crippen LogP contribution in [-0.2, 0) is 0 Å². The molecule has 0 fully saturated rings. The van der Waals surface area contributed by atoms with E-state index in [0.717, 1.165) is 0 Å². The molecule has 1 rings (SSSR count). The van der Waals surface area contributed by atoms with E-state index in [9.17, 15) is 8.78 Å². The van der Waals surface area contributed by atoms with Gasteiger partial charge in [0.1, 0.15) is 0 Å². The minimum atomic E-state index is -2.37. The van der Waals surface area contributed by atoms with Gasteiger partial charge in [-0.15, -0.1) is 0 Å². The molecule has 1 atom stereocenters. The summed E-state index contributed by atoms with van der Waals surface area (Å²) in [5.74, 6) is -0.903. The zero-order valence-electron chi connectivity index (χ0n) is 5.59. The molecule has 10 heavy (non-hydrogen) atoms. The van der Waals surface area contributed by atoms with Gasteiger partial charge in [0, 0.05) is 6.54 Å². The maximum absolute atomic E-state index is 11.9. The second-order valence-corrected chi connectivity index (χ2v) is 1.99. The van der Waals surface area contributed by atoms with E-state index in [2.05, 4.69) is 11.3 Å². The van der Waals surface area contributed by atoms with E-state index in [1.54, 1.807) is 0 Å². The minimum Gasteiger partial charge on any atom is -0.291 e. The van der Waals surface area contributed by atoms with E-state index in [1.165, 1.54) is 11.6 Å². The van der Waals surface area contributed by atoms with Crippen LogP contribution in [0.2, 0.25) is 0 Å². The third-order valence-corrected chi connectivity index (χ3v) is 1.26. The molecule has 0 spiro atoms. The molecule has 1 aliphatic heterocycles. The van der Waals surface area contributed by atoms with E-state index in [-0.39, 0.29) is 0 Å². The van der Waals surface area contributed by atoms with Crippen LogP contribution < -0.4 is 0 Å². The van der Waals surface area contributed by atoms with Crippen LogP contribution >= 0.6 is 0 Å². The zero-order valence-corrected chi connectivity index (χ0v) is 5.59. The molecule has 1 aliphatic rings. The van der Waals surface area contributed by atoms with Gasteiger partial charge in [-0.1, -0.05) is 0 Å². The van der Waals surface area contributed by atoms with Gasteiger partial charge in [0.25, 0.3) is 0 Å². The van der Waals surface area contributed by atoms with Crippen molar-refractivity contribution in [1.82, 2.24) is 5.01 Å². The first-order chi connectivity index (χ1) is 4.74. The molecule has 2 radical (unpaired) electrons. The van der Waals surface area contributed by atoms with Gasteiger partial charge < -0.3 is 0 Å². The molecule has 1 unspecified atom stereocenters. The van der Waals surface area contributed by atoms with Crippen molar-refractivity contribution in [2.24, 2.45) is 11.0 Å². The highest BCUT2D eigenvalue weighted by molar-refractivity contribution is 5.64. The Labute approximate surface area is 58.5 Å². The molecular weight excluding hydrogens is 138 g/mol. The zero-order chi connectivity index (χ0) is 7.56. The van der Waals surface area contributed by atoms with Crippen LogP contribution in [-0.4, -0.2) is 24.2 Å². The lowest BCUT2D eigenvalue weighted by molar-refractivity contribution is 0.116. The standard InChI is InChI=1S/C6H8F2N2/c1-2-10-4-5(3-9-10)6(7)8/h4-6H,2H2,1H3. The van der Waals surface area contributed by atoms with Crippen molar-refractivity contribution in [2.45, 2.75) is 13.3 Å². The molecule has 1 heterocycles. The monoisotopic (exact) mass is 146 g/mol. The number of hydrogen-bond acceptors (Lipinski definition) is 2. The van der Waals surface area contributed by atoms with Crippen molar-refractivity contribution in [1.29, 1.82) is 0 Å². The van der Waals surface area contributed by atoms with Gasteiger partial charge in [0.05, 0.1) is 18.7 Å². The molecule has 0 aromatic carbocycles. The Kier molecular flexibility index (Phi) is 2.19. The van der Waals surface area contributed by atoms with Gasteiger partial charge in [0.2, 0.25) is 6.43 Å². The van der Waals surface area contributed by atoms with Crippen LogP contribution in [0.15, 0.2) is 5.10 Å². The number of rotatable bonds is 2. The Morgan fingerprint density at radius 2 is 2.50 bits per heavy atom. The number of hydrazone groups is 1. The predicted molar refractivity (Wildman–Crippen MR) is 33.6 cm³/mol. The maximum Gasteiger partial charge on any atom is 0.249 e. The lowest BCUT2D eigenvalue weighted by Gasteiger charge is -2.10. The van der Waals surface area contributed by atoms with Crippen LogP contribution in [0.4, 0.5) is 8.78 Å². The van der Waals surface area contributed by atoms with Gasteiger partial charge in [0.15, 0.2) is 0 Å². The Morgan fingerprint density at radius 1 is 1.80 bits per heavy atom. The second kappa shape index (κ2) is 2.94. The molecule has 0 aliphatic carbocycles. The Bertz CT molecular complexity index is 136. The average Bonchev–Trinajstić information content (AvgIpc) is 2.34. The van der Waals surface area contributed by atoms with Gasteiger partial charge >= 0.3 is 0 Å². The number of halogens is 2. The normalized spacial score (nSPS) is 24.8. The third kappa shape index (κ3) is 1.43. The molecule has 56 valence electrons. The lowest BCUT2D eigenvalue weighted by atomic mass is 10.2. The van der Waals surface area contributed by atoms with E-state index in [0.29, 0.717) is 6.54 Å². The summed E-state index contributed by atoms with van der Waals surface area (Å²) >= 11 is 0. The van der Waals surface area contributed by atoms with E-state index in [1.807, 2.05) is 6.92 Å². The average molecular weight is 146 g/mol. The predicted octanol–water partition coefficient (Wildman–Crippen LogP) is 1.23. The van der Waals surface area contributed by atoms with Crippen LogP contribution in [0.1, 0.15) is 6.92 Å². The molecular formula is C6H8F2N2. The van der Waals surface area contributed by atoms with E-state index in [4.69, 9.17) is 0 Å². The first-order valence-electron chi connectivity index (χ1n) is 3.10. The number of nitrogens with zero attached hydrogens (tertiary/aromatic N) is 2. The van der Waals surface area contributed by atoms with Gasteiger partial charge in [-0.25, -0.2) is 8.78 Å². The summed E-state index contributed by atoms with van der Waals surface area (Å²) in [5, 5.41) is 5.06. The summed E-state index contributed by atoms with van der Waals surface area (Å²) in [7, 11) is 0. The van der Waals surface area contributed by atoms with Crippen LogP contribution in [0, 0.1) is 12.5 Å². The highest BCUT2D eigenvalue weighted by Gasteiger charge is 2.26. The maximum atomic E-state index is 11.9. The van der Waals surface area contributed by atoms with Crippen molar-refractivity contribution in [3.05, 3.63) is 6.54 Å². The summed E-state index contributed by atoms with van der Waals surface area (Å²) in [6.07, 6.45) is -0.0723. The van der Waals surface area contributed by atoms with Crippen molar-refractivity contribution >= 4 is 6.21 Å². The van der Waals surface area contributed by atoms with E-state index < -0.39 is 12.3 Å². The fourth-order valence-corrected chi connectivity index (χ4v) is 0.690. The fourth-order valence-electron chi connectivity index (χ4n) is 0.690. The fraction of sp³-hybridized carbons (Fsp3) is 0.667. The molecule has 0 aromatic heterocycles.